The molecule has 0 aromatic rings. The SMILES string of the molecule is CC[C@@H](Cl)C(=O)N1CCC[C@@H](COC)C1. The molecule has 0 radical (unpaired) electrons. The van der Waals surface area contributed by atoms with Crippen LogP contribution in [-0.2, 0) is 9.53 Å². The number of hydrogen-bond acceptors (Lipinski definition) is 2. The van der Waals surface area contributed by atoms with Crippen molar-refractivity contribution in [3.63, 3.8) is 0 Å². The van der Waals surface area contributed by atoms with E-state index < -0.39 is 0 Å². The average molecular weight is 234 g/mol. The van der Waals surface area contributed by atoms with Gasteiger partial charge in [0.05, 0.1) is 6.61 Å². The zero-order chi connectivity index (χ0) is 11.3. The molecule has 1 saturated heterocycles. The fourth-order valence-corrected chi connectivity index (χ4v) is 2.15. The van der Waals surface area contributed by atoms with E-state index >= 15 is 0 Å². The molecule has 0 bridgehead atoms. The maximum atomic E-state index is 11.8. The van der Waals surface area contributed by atoms with Gasteiger partial charge in [-0.15, -0.1) is 11.6 Å². The number of carbonyl (C=O) groups excluding carboxylic acids is 1. The second kappa shape index (κ2) is 6.33. The summed E-state index contributed by atoms with van der Waals surface area (Å²) in [5.74, 6) is 0.563. The number of likely N-dealkylation sites (tertiary alicyclic amines) is 1. The second-order valence-electron chi connectivity index (χ2n) is 4.12. The monoisotopic (exact) mass is 233 g/mol. The molecule has 1 amide bonds. The molecule has 1 aliphatic rings. The highest BCUT2D eigenvalue weighted by atomic mass is 35.5. The lowest BCUT2D eigenvalue weighted by Gasteiger charge is -2.33. The van der Waals surface area contributed by atoms with Gasteiger partial charge in [-0.25, -0.2) is 0 Å². The maximum Gasteiger partial charge on any atom is 0.240 e. The standard InChI is InChI=1S/C11H20ClNO2/c1-3-10(12)11(14)13-6-4-5-9(7-13)8-15-2/h9-10H,3-8H2,1-2H3/t9-,10-/m1/s1. The van der Waals surface area contributed by atoms with Crippen LogP contribution in [-0.4, -0.2) is 43.0 Å². The highest BCUT2D eigenvalue weighted by Crippen LogP contribution is 2.19. The molecule has 15 heavy (non-hydrogen) atoms. The van der Waals surface area contributed by atoms with E-state index in [1.54, 1.807) is 7.11 Å². The number of nitrogens with zero attached hydrogens (tertiary/aromatic N) is 1. The van der Waals surface area contributed by atoms with Crippen LogP contribution in [0.3, 0.4) is 0 Å². The third kappa shape index (κ3) is 3.65. The molecular weight excluding hydrogens is 214 g/mol. The molecule has 1 fully saturated rings. The summed E-state index contributed by atoms with van der Waals surface area (Å²) in [5.41, 5.74) is 0. The summed E-state index contributed by atoms with van der Waals surface area (Å²) in [5, 5.41) is -0.355. The van der Waals surface area contributed by atoms with E-state index in [0.717, 1.165) is 32.5 Å². The molecular formula is C11H20ClNO2. The first-order chi connectivity index (χ1) is 7.19. The van der Waals surface area contributed by atoms with Gasteiger partial charge in [0.2, 0.25) is 5.91 Å². The number of amides is 1. The Hall–Kier alpha value is -0.280. The van der Waals surface area contributed by atoms with E-state index in [4.69, 9.17) is 16.3 Å². The normalized spacial score (nSPS) is 23.9. The Balaban J connectivity index is 2.44. The van der Waals surface area contributed by atoms with Crippen LogP contribution in [0.5, 0.6) is 0 Å². The molecule has 0 N–H and O–H groups in total. The predicted molar refractivity (Wildman–Crippen MR) is 61.1 cm³/mol. The van der Waals surface area contributed by atoms with Crippen molar-refractivity contribution in [2.24, 2.45) is 5.92 Å². The van der Waals surface area contributed by atoms with Crippen LogP contribution in [0.25, 0.3) is 0 Å². The summed E-state index contributed by atoms with van der Waals surface area (Å²) < 4.78 is 5.13. The van der Waals surface area contributed by atoms with E-state index in [-0.39, 0.29) is 11.3 Å². The Kier molecular flexibility index (Phi) is 5.40. The molecule has 0 aliphatic carbocycles. The second-order valence-corrected chi connectivity index (χ2v) is 4.65. The number of ether oxygens (including phenoxy) is 1. The molecule has 88 valence electrons. The smallest absolute Gasteiger partial charge is 0.240 e. The quantitative estimate of drug-likeness (QED) is 0.694. The van der Waals surface area contributed by atoms with Crippen LogP contribution in [0.4, 0.5) is 0 Å². The van der Waals surface area contributed by atoms with Gasteiger partial charge >= 0.3 is 0 Å². The van der Waals surface area contributed by atoms with E-state index in [1.165, 1.54) is 0 Å². The van der Waals surface area contributed by atoms with Gasteiger partial charge in [-0.2, -0.15) is 0 Å². The van der Waals surface area contributed by atoms with Crippen molar-refractivity contribution in [3.05, 3.63) is 0 Å². The predicted octanol–water partition coefficient (Wildman–Crippen LogP) is 1.89. The van der Waals surface area contributed by atoms with Crippen LogP contribution in [0.15, 0.2) is 0 Å². The summed E-state index contributed by atoms with van der Waals surface area (Å²) in [7, 11) is 1.71. The van der Waals surface area contributed by atoms with Crippen molar-refractivity contribution in [2.75, 3.05) is 26.8 Å². The van der Waals surface area contributed by atoms with Crippen LogP contribution in [0, 0.1) is 5.92 Å². The minimum Gasteiger partial charge on any atom is -0.384 e. The van der Waals surface area contributed by atoms with Crippen molar-refractivity contribution < 1.29 is 9.53 Å². The van der Waals surface area contributed by atoms with Gasteiger partial charge in [-0.05, 0) is 25.2 Å². The van der Waals surface area contributed by atoms with E-state index in [2.05, 4.69) is 0 Å². The zero-order valence-electron chi connectivity index (χ0n) is 9.54. The van der Waals surface area contributed by atoms with Crippen molar-refractivity contribution in [1.82, 2.24) is 4.90 Å². The largest absolute Gasteiger partial charge is 0.384 e. The first-order valence-corrected chi connectivity index (χ1v) is 6.04. The van der Waals surface area contributed by atoms with Crippen LogP contribution in [0.2, 0.25) is 0 Å². The van der Waals surface area contributed by atoms with Crippen LogP contribution in [0.1, 0.15) is 26.2 Å². The van der Waals surface area contributed by atoms with Crippen molar-refractivity contribution in [2.45, 2.75) is 31.6 Å². The summed E-state index contributed by atoms with van der Waals surface area (Å²) in [6.07, 6.45) is 2.91. The minimum atomic E-state index is -0.355. The van der Waals surface area contributed by atoms with Crippen molar-refractivity contribution >= 4 is 17.5 Å². The lowest BCUT2D eigenvalue weighted by Crippen LogP contribution is -2.44. The number of piperidine rings is 1. The van der Waals surface area contributed by atoms with Gasteiger partial charge in [0.15, 0.2) is 0 Å². The number of alkyl halides is 1. The molecule has 1 aliphatic heterocycles. The maximum absolute atomic E-state index is 11.8. The summed E-state index contributed by atoms with van der Waals surface area (Å²) in [4.78, 5) is 13.7. The lowest BCUT2D eigenvalue weighted by atomic mass is 9.98. The van der Waals surface area contributed by atoms with Gasteiger partial charge in [0.25, 0.3) is 0 Å². The van der Waals surface area contributed by atoms with Crippen LogP contribution >= 0.6 is 11.6 Å². The topological polar surface area (TPSA) is 29.5 Å². The minimum absolute atomic E-state index is 0.0833. The molecule has 0 spiro atoms. The number of hydrogen-bond donors (Lipinski definition) is 0. The van der Waals surface area contributed by atoms with E-state index in [0.29, 0.717) is 12.3 Å². The van der Waals surface area contributed by atoms with Crippen LogP contribution < -0.4 is 0 Å². The third-order valence-electron chi connectivity index (χ3n) is 2.86. The number of carbonyl (C=O) groups is 1. The van der Waals surface area contributed by atoms with Gasteiger partial charge in [0, 0.05) is 20.2 Å². The number of rotatable bonds is 4. The molecule has 0 saturated carbocycles. The Labute approximate surface area is 96.7 Å². The summed E-state index contributed by atoms with van der Waals surface area (Å²) in [6, 6.07) is 0. The lowest BCUT2D eigenvalue weighted by molar-refractivity contribution is -0.133. The van der Waals surface area contributed by atoms with Gasteiger partial charge in [-0.1, -0.05) is 6.92 Å². The molecule has 2 atom stereocenters. The van der Waals surface area contributed by atoms with Gasteiger partial charge in [0.1, 0.15) is 5.38 Å². The molecule has 0 aromatic carbocycles. The molecule has 1 rings (SSSR count). The zero-order valence-corrected chi connectivity index (χ0v) is 10.3. The van der Waals surface area contributed by atoms with Gasteiger partial charge < -0.3 is 9.64 Å². The van der Waals surface area contributed by atoms with Gasteiger partial charge in [-0.3, -0.25) is 4.79 Å². The van der Waals surface area contributed by atoms with E-state index in [9.17, 15) is 4.79 Å². The molecule has 4 heteroatoms. The number of halogens is 1. The Morgan fingerprint density at radius 1 is 1.67 bits per heavy atom. The number of methoxy groups -OCH3 is 1. The Morgan fingerprint density at radius 3 is 3.00 bits per heavy atom. The molecule has 0 aromatic heterocycles. The Morgan fingerprint density at radius 2 is 2.40 bits per heavy atom. The first kappa shape index (κ1) is 12.8. The average Bonchev–Trinajstić information content (AvgIpc) is 2.28. The molecule has 1 heterocycles. The highest BCUT2D eigenvalue weighted by molar-refractivity contribution is 6.30. The first-order valence-electron chi connectivity index (χ1n) is 5.60. The fraction of sp³-hybridized carbons (Fsp3) is 0.909. The van der Waals surface area contributed by atoms with Crippen molar-refractivity contribution in [3.8, 4) is 0 Å². The highest BCUT2D eigenvalue weighted by Gasteiger charge is 2.26. The summed E-state index contributed by atoms with van der Waals surface area (Å²) >= 11 is 5.95. The third-order valence-corrected chi connectivity index (χ3v) is 3.35. The summed E-state index contributed by atoms with van der Waals surface area (Å²) in [6.45, 7) is 4.33. The molecule has 3 nitrogen and oxygen atoms in total. The van der Waals surface area contributed by atoms with Crippen molar-refractivity contribution in [1.29, 1.82) is 0 Å². The Bertz CT molecular complexity index is 209. The molecule has 0 unspecified atom stereocenters. The van der Waals surface area contributed by atoms with E-state index in [1.807, 2.05) is 11.8 Å². The fourth-order valence-electron chi connectivity index (χ4n) is 2.01.